The van der Waals surface area contributed by atoms with Gasteiger partial charge in [-0.25, -0.2) is 4.39 Å². The van der Waals surface area contributed by atoms with Crippen LogP contribution in [0, 0.1) is 5.82 Å². The molecule has 0 aliphatic rings. The smallest absolute Gasteiger partial charge is 0.259 e. The molecule has 0 saturated carbocycles. The van der Waals surface area contributed by atoms with E-state index in [1.807, 2.05) is 29.8 Å². The van der Waals surface area contributed by atoms with Crippen molar-refractivity contribution in [2.45, 2.75) is 0 Å². The van der Waals surface area contributed by atoms with Crippen LogP contribution >= 0.6 is 11.6 Å². The summed E-state index contributed by atoms with van der Waals surface area (Å²) in [5.41, 5.74) is 3.90. The molecule has 0 saturated heterocycles. The number of nitrogens with zero attached hydrogens (tertiary/aromatic N) is 3. The van der Waals surface area contributed by atoms with E-state index >= 15 is 0 Å². The summed E-state index contributed by atoms with van der Waals surface area (Å²) >= 11 is 5.88. The van der Waals surface area contributed by atoms with Crippen molar-refractivity contribution in [2.24, 2.45) is 14.1 Å². The first kappa shape index (κ1) is 17.7. The first-order valence-electron chi connectivity index (χ1n) is 9.03. The van der Waals surface area contributed by atoms with Gasteiger partial charge in [-0.2, -0.15) is 5.10 Å². The average molecular weight is 407 g/mol. The van der Waals surface area contributed by atoms with Crippen LogP contribution < -0.4 is 5.56 Å². The third kappa shape index (κ3) is 2.60. The number of aryl methyl sites for hydroxylation is 2. The van der Waals surface area contributed by atoms with Crippen molar-refractivity contribution < 1.29 is 4.39 Å². The van der Waals surface area contributed by atoms with E-state index in [1.54, 1.807) is 36.0 Å². The first-order chi connectivity index (χ1) is 14.0. The molecule has 0 fully saturated rings. The molecule has 144 valence electrons. The highest BCUT2D eigenvalue weighted by Crippen LogP contribution is 2.33. The Morgan fingerprint density at radius 1 is 0.966 bits per heavy atom. The summed E-state index contributed by atoms with van der Waals surface area (Å²) in [6, 6.07) is 14.1. The predicted octanol–water partition coefficient (Wildman–Crippen LogP) is 4.88. The van der Waals surface area contributed by atoms with Gasteiger partial charge in [0, 0.05) is 47.2 Å². The van der Waals surface area contributed by atoms with E-state index in [0.29, 0.717) is 10.6 Å². The minimum atomic E-state index is -0.521. The van der Waals surface area contributed by atoms with E-state index in [2.05, 4.69) is 16.3 Å². The number of halogens is 2. The van der Waals surface area contributed by atoms with Gasteiger partial charge in [-0.05, 0) is 42.5 Å². The molecule has 0 amide bonds. The molecule has 0 bridgehead atoms. The number of hydrogen-bond acceptors (Lipinski definition) is 2. The molecule has 0 unspecified atom stereocenters. The van der Waals surface area contributed by atoms with Crippen LogP contribution in [0.1, 0.15) is 0 Å². The minimum absolute atomic E-state index is 0.235. The number of aromatic amines is 1. The normalized spacial score (nSPS) is 11.6. The maximum Gasteiger partial charge on any atom is 0.259 e. The van der Waals surface area contributed by atoms with Crippen LogP contribution in [-0.4, -0.2) is 19.3 Å². The van der Waals surface area contributed by atoms with Gasteiger partial charge in [0.05, 0.1) is 16.8 Å². The highest BCUT2D eigenvalue weighted by molar-refractivity contribution is 6.30. The Balaban J connectivity index is 1.88. The van der Waals surface area contributed by atoms with E-state index in [9.17, 15) is 9.18 Å². The molecule has 1 N–H and O–H groups in total. The summed E-state index contributed by atoms with van der Waals surface area (Å²) in [6.45, 7) is 0. The molecular weight excluding hydrogens is 391 g/mol. The van der Waals surface area contributed by atoms with Crippen molar-refractivity contribution in [3.8, 4) is 22.4 Å². The van der Waals surface area contributed by atoms with Crippen molar-refractivity contribution in [3.05, 3.63) is 75.9 Å². The molecule has 3 heterocycles. The zero-order valence-corrected chi connectivity index (χ0v) is 16.5. The van der Waals surface area contributed by atoms with E-state index in [4.69, 9.17) is 11.6 Å². The molecular formula is C22H16ClFN4O. The third-order valence-electron chi connectivity index (χ3n) is 5.38. The Hall–Kier alpha value is -3.38. The molecule has 5 nitrogen and oxygen atoms in total. The Bertz CT molecular complexity index is 1460. The molecule has 29 heavy (non-hydrogen) atoms. The predicted molar refractivity (Wildman–Crippen MR) is 114 cm³/mol. The fourth-order valence-corrected chi connectivity index (χ4v) is 4.13. The van der Waals surface area contributed by atoms with Crippen molar-refractivity contribution in [1.29, 1.82) is 0 Å². The molecule has 0 aliphatic heterocycles. The number of pyridine rings is 1. The quantitative estimate of drug-likeness (QED) is 0.454. The van der Waals surface area contributed by atoms with Crippen LogP contribution in [0.3, 0.4) is 0 Å². The summed E-state index contributed by atoms with van der Waals surface area (Å²) in [7, 11) is 3.62. The summed E-state index contributed by atoms with van der Waals surface area (Å²) in [5, 5.41) is 9.12. The second-order valence-corrected chi connectivity index (χ2v) is 7.48. The summed E-state index contributed by atoms with van der Waals surface area (Å²) in [4.78, 5) is 13.0. The van der Waals surface area contributed by atoms with Crippen LogP contribution in [0.5, 0.6) is 0 Å². The number of hydrogen-bond donors (Lipinski definition) is 1. The minimum Gasteiger partial charge on any atom is -0.330 e. The number of H-pyrrole nitrogens is 1. The molecule has 5 rings (SSSR count). The Kier molecular flexibility index (Phi) is 3.86. The lowest BCUT2D eigenvalue weighted by molar-refractivity contribution is 0.631. The largest absolute Gasteiger partial charge is 0.330 e. The monoisotopic (exact) mass is 406 g/mol. The summed E-state index contributed by atoms with van der Waals surface area (Å²) < 4.78 is 18.1. The molecule has 5 aromatic rings. The van der Waals surface area contributed by atoms with Crippen molar-refractivity contribution in [1.82, 2.24) is 19.3 Å². The highest BCUT2D eigenvalue weighted by Gasteiger charge is 2.18. The second kappa shape index (κ2) is 6.32. The maximum absolute atomic E-state index is 14.6. The number of aromatic nitrogens is 4. The zero-order valence-electron chi connectivity index (χ0n) is 15.7. The molecule has 0 radical (unpaired) electrons. The van der Waals surface area contributed by atoms with Gasteiger partial charge in [0.15, 0.2) is 0 Å². The maximum atomic E-state index is 14.6. The number of benzene rings is 2. The van der Waals surface area contributed by atoms with Gasteiger partial charge in [0.1, 0.15) is 11.5 Å². The van der Waals surface area contributed by atoms with Crippen LogP contribution in [-0.2, 0) is 14.1 Å². The lowest BCUT2D eigenvalue weighted by Gasteiger charge is -2.09. The lowest BCUT2D eigenvalue weighted by Crippen LogP contribution is -2.20. The molecule has 3 aromatic heterocycles. The standard InChI is InChI=1S/C22H16ClFN4O/c1-27-20-6-3-12(19-7-8-25-26-19)9-15(20)16-11-17(22(29)28(2)21(16)27)14-5-4-13(23)10-18(14)24/h3-11H,1-2H3,(H,25,26). The van der Waals surface area contributed by atoms with E-state index in [0.717, 1.165) is 33.2 Å². The zero-order chi connectivity index (χ0) is 20.3. The van der Waals surface area contributed by atoms with Gasteiger partial charge >= 0.3 is 0 Å². The highest BCUT2D eigenvalue weighted by atomic mass is 35.5. The number of fused-ring (bicyclic) bond motifs is 3. The number of nitrogens with one attached hydrogen (secondary N) is 1. The molecule has 2 aromatic carbocycles. The summed E-state index contributed by atoms with van der Waals surface area (Å²) in [6.07, 6.45) is 1.70. The van der Waals surface area contributed by atoms with E-state index < -0.39 is 5.82 Å². The SMILES string of the molecule is Cn1c(=O)c(-c2ccc(Cl)cc2F)cc2c3cc(-c4ccn[nH]4)ccc3n(C)c21. The lowest BCUT2D eigenvalue weighted by atomic mass is 10.0. The fourth-order valence-electron chi connectivity index (χ4n) is 3.98. The summed E-state index contributed by atoms with van der Waals surface area (Å²) in [5.74, 6) is -0.521. The van der Waals surface area contributed by atoms with E-state index in [-0.39, 0.29) is 11.1 Å². The first-order valence-corrected chi connectivity index (χ1v) is 9.41. The van der Waals surface area contributed by atoms with Crippen LogP contribution in [0.2, 0.25) is 5.02 Å². The Labute approximate surface area is 170 Å². The van der Waals surface area contributed by atoms with Gasteiger partial charge in [0.2, 0.25) is 0 Å². The van der Waals surface area contributed by atoms with Crippen molar-refractivity contribution in [2.75, 3.05) is 0 Å². The van der Waals surface area contributed by atoms with E-state index in [1.165, 1.54) is 6.07 Å². The van der Waals surface area contributed by atoms with Crippen LogP contribution in [0.4, 0.5) is 4.39 Å². The molecule has 0 aliphatic carbocycles. The van der Waals surface area contributed by atoms with Crippen molar-refractivity contribution in [3.63, 3.8) is 0 Å². The third-order valence-corrected chi connectivity index (χ3v) is 5.62. The Morgan fingerprint density at radius 3 is 2.52 bits per heavy atom. The average Bonchev–Trinajstić information content (AvgIpc) is 3.32. The molecule has 7 heteroatoms. The van der Waals surface area contributed by atoms with Gasteiger partial charge in [-0.1, -0.05) is 17.7 Å². The number of rotatable bonds is 2. The van der Waals surface area contributed by atoms with Gasteiger partial charge in [-0.15, -0.1) is 0 Å². The molecule has 0 atom stereocenters. The molecule has 0 spiro atoms. The van der Waals surface area contributed by atoms with Crippen LogP contribution in [0.25, 0.3) is 44.3 Å². The second-order valence-electron chi connectivity index (χ2n) is 7.04. The van der Waals surface area contributed by atoms with Crippen LogP contribution in [0.15, 0.2) is 59.5 Å². The Morgan fingerprint density at radius 2 is 1.79 bits per heavy atom. The van der Waals surface area contributed by atoms with Gasteiger partial charge in [0.25, 0.3) is 5.56 Å². The fraction of sp³-hybridized carbons (Fsp3) is 0.0909. The van der Waals surface area contributed by atoms with Crippen molar-refractivity contribution >= 4 is 33.5 Å². The van der Waals surface area contributed by atoms with Gasteiger partial charge in [-0.3, -0.25) is 14.5 Å². The van der Waals surface area contributed by atoms with Gasteiger partial charge < -0.3 is 4.57 Å². The topological polar surface area (TPSA) is 55.6 Å².